The lowest BCUT2D eigenvalue weighted by Gasteiger charge is -2.25. The number of hydrogen-bond acceptors (Lipinski definition) is 6. The number of fused-ring (bicyclic) bond motifs is 1. The first-order valence-electron chi connectivity index (χ1n) is 10.4. The number of anilines is 1. The van der Waals surface area contributed by atoms with Gasteiger partial charge in [-0.15, -0.1) is 0 Å². The van der Waals surface area contributed by atoms with E-state index in [0.717, 1.165) is 42.5 Å². The Hall–Kier alpha value is -2.57. The molecule has 29 heavy (non-hydrogen) atoms. The van der Waals surface area contributed by atoms with E-state index in [0.29, 0.717) is 12.5 Å². The van der Waals surface area contributed by atoms with E-state index in [4.69, 9.17) is 9.97 Å². The van der Waals surface area contributed by atoms with E-state index in [9.17, 15) is 0 Å². The summed E-state index contributed by atoms with van der Waals surface area (Å²) in [5.74, 6) is 2.34. The molecule has 1 fully saturated rings. The van der Waals surface area contributed by atoms with Crippen molar-refractivity contribution in [3.63, 3.8) is 0 Å². The number of hydrogen-bond donors (Lipinski definition) is 1. The maximum atomic E-state index is 4.95. The zero-order chi connectivity index (χ0) is 20.2. The van der Waals surface area contributed by atoms with Crippen molar-refractivity contribution in [2.75, 3.05) is 39.1 Å². The molecule has 2 aromatic heterocycles. The van der Waals surface area contributed by atoms with Crippen molar-refractivity contribution >= 4 is 16.7 Å². The molecule has 6 nitrogen and oxygen atoms in total. The number of piperidine rings is 1. The fraction of sp³-hybridized carbons (Fsp3) is 0.435. The molecular weight excluding hydrogens is 360 g/mol. The van der Waals surface area contributed by atoms with E-state index in [1.54, 1.807) is 0 Å². The van der Waals surface area contributed by atoms with Crippen LogP contribution in [0.2, 0.25) is 0 Å². The van der Waals surface area contributed by atoms with Crippen LogP contribution in [-0.2, 0) is 13.1 Å². The minimum absolute atomic E-state index is 0.471. The highest BCUT2D eigenvalue weighted by molar-refractivity contribution is 5.81. The molecule has 3 heterocycles. The summed E-state index contributed by atoms with van der Waals surface area (Å²) in [5, 5.41) is 4.71. The molecule has 1 atom stereocenters. The van der Waals surface area contributed by atoms with Crippen LogP contribution in [0.1, 0.15) is 35.8 Å². The minimum Gasteiger partial charge on any atom is -0.363 e. The van der Waals surface area contributed by atoms with Crippen LogP contribution in [0.25, 0.3) is 10.9 Å². The lowest BCUT2D eigenvalue weighted by atomic mass is 9.96. The van der Waals surface area contributed by atoms with Gasteiger partial charge in [0.1, 0.15) is 11.6 Å². The van der Waals surface area contributed by atoms with Gasteiger partial charge in [-0.05, 0) is 44.1 Å². The molecule has 0 radical (unpaired) electrons. The van der Waals surface area contributed by atoms with Gasteiger partial charge in [-0.3, -0.25) is 9.88 Å². The Kier molecular flexibility index (Phi) is 6.02. The molecular formula is C23H30N6. The van der Waals surface area contributed by atoms with Crippen LogP contribution in [-0.4, -0.2) is 54.1 Å². The Balaban J connectivity index is 1.55. The van der Waals surface area contributed by atoms with Gasteiger partial charge >= 0.3 is 0 Å². The van der Waals surface area contributed by atoms with Crippen LogP contribution < -0.4 is 10.2 Å². The van der Waals surface area contributed by atoms with Gasteiger partial charge in [0.25, 0.3) is 0 Å². The molecule has 1 aliphatic heterocycles. The van der Waals surface area contributed by atoms with Crippen molar-refractivity contribution in [3.8, 4) is 0 Å². The third-order valence-electron chi connectivity index (χ3n) is 5.54. The van der Waals surface area contributed by atoms with Gasteiger partial charge in [0.05, 0.1) is 17.8 Å². The standard InChI is InChI=1S/C23H30N6/c1-28(2)23-13-21(17-8-5-11-24-14-17)26-22(27-23)16-29(3)15-18-7-4-10-20-19(18)9-6-12-25-20/h4,6-7,9-10,12-13,17,24H,5,8,11,14-16H2,1-3H3/t17-/m1/s1. The summed E-state index contributed by atoms with van der Waals surface area (Å²) in [6.07, 6.45) is 4.24. The Morgan fingerprint density at radius 3 is 2.76 bits per heavy atom. The summed E-state index contributed by atoms with van der Waals surface area (Å²) < 4.78 is 0. The Labute approximate surface area is 173 Å². The van der Waals surface area contributed by atoms with Crippen molar-refractivity contribution in [1.82, 2.24) is 25.2 Å². The van der Waals surface area contributed by atoms with Gasteiger partial charge in [0.15, 0.2) is 0 Å². The highest BCUT2D eigenvalue weighted by atomic mass is 15.2. The van der Waals surface area contributed by atoms with E-state index in [1.807, 2.05) is 26.4 Å². The Morgan fingerprint density at radius 1 is 1.07 bits per heavy atom. The third-order valence-corrected chi connectivity index (χ3v) is 5.54. The highest BCUT2D eigenvalue weighted by Gasteiger charge is 2.19. The number of rotatable bonds is 6. The topological polar surface area (TPSA) is 57.2 Å². The molecule has 0 bridgehead atoms. The van der Waals surface area contributed by atoms with Crippen LogP contribution in [0, 0.1) is 0 Å². The summed E-state index contributed by atoms with van der Waals surface area (Å²) in [6, 6.07) is 12.6. The van der Waals surface area contributed by atoms with Gasteiger partial charge < -0.3 is 10.2 Å². The molecule has 3 aromatic rings. The smallest absolute Gasteiger partial charge is 0.144 e. The normalized spacial score (nSPS) is 17.0. The number of benzene rings is 1. The van der Waals surface area contributed by atoms with Crippen molar-refractivity contribution in [1.29, 1.82) is 0 Å². The summed E-state index contributed by atoms with van der Waals surface area (Å²) in [4.78, 5) is 18.6. The predicted octanol–water partition coefficient (Wildman–Crippen LogP) is 3.19. The van der Waals surface area contributed by atoms with E-state index < -0.39 is 0 Å². The zero-order valence-corrected chi connectivity index (χ0v) is 17.6. The van der Waals surface area contributed by atoms with E-state index in [-0.39, 0.29) is 0 Å². The van der Waals surface area contributed by atoms with Crippen LogP contribution in [0.5, 0.6) is 0 Å². The molecule has 0 spiro atoms. The first-order chi connectivity index (χ1) is 14.1. The maximum absolute atomic E-state index is 4.95. The fourth-order valence-electron chi connectivity index (χ4n) is 4.01. The number of aromatic nitrogens is 3. The lowest BCUT2D eigenvalue weighted by Crippen LogP contribution is -2.29. The lowest BCUT2D eigenvalue weighted by molar-refractivity contribution is 0.310. The Bertz CT molecular complexity index is 959. The predicted molar refractivity (Wildman–Crippen MR) is 118 cm³/mol. The molecule has 1 saturated heterocycles. The van der Waals surface area contributed by atoms with Crippen molar-refractivity contribution < 1.29 is 0 Å². The SMILES string of the molecule is CN(Cc1nc([C@@H]2CCCNC2)cc(N(C)C)n1)Cc1cccc2ncccc12. The van der Waals surface area contributed by atoms with Gasteiger partial charge in [0, 0.05) is 50.8 Å². The molecule has 1 N–H and O–H groups in total. The summed E-state index contributed by atoms with van der Waals surface area (Å²) in [6.45, 7) is 3.66. The van der Waals surface area contributed by atoms with Crippen LogP contribution in [0.4, 0.5) is 5.82 Å². The van der Waals surface area contributed by atoms with E-state index in [2.05, 4.69) is 57.5 Å². The molecule has 1 aromatic carbocycles. The van der Waals surface area contributed by atoms with Gasteiger partial charge in [-0.1, -0.05) is 18.2 Å². The van der Waals surface area contributed by atoms with Gasteiger partial charge in [-0.2, -0.15) is 0 Å². The first kappa shape index (κ1) is 19.7. The second-order valence-corrected chi connectivity index (χ2v) is 8.16. The van der Waals surface area contributed by atoms with Crippen molar-refractivity contribution in [2.24, 2.45) is 0 Å². The maximum Gasteiger partial charge on any atom is 0.144 e. The molecule has 0 saturated carbocycles. The molecule has 0 aliphatic carbocycles. The van der Waals surface area contributed by atoms with Crippen LogP contribution >= 0.6 is 0 Å². The molecule has 0 unspecified atom stereocenters. The Morgan fingerprint density at radius 2 is 1.97 bits per heavy atom. The molecule has 1 aliphatic rings. The summed E-state index contributed by atoms with van der Waals surface area (Å²) in [5.41, 5.74) is 3.48. The van der Waals surface area contributed by atoms with Crippen molar-refractivity contribution in [3.05, 3.63) is 59.7 Å². The minimum atomic E-state index is 0.471. The van der Waals surface area contributed by atoms with Crippen LogP contribution in [0.15, 0.2) is 42.6 Å². The number of nitrogens with zero attached hydrogens (tertiary/aromatic N) is 5. The van der Waals surface area contributed by atoms with E-state index >= 15 is 0 Å². The zero-order valence-electron chi connectivity index (χ0n) is 17.6. The summed E-state index contributed by atoms with van der Waals surface area (Å²) >= 11 is 0. The van der Waals surface area contributed by atoms with E-state index in [1.165, 1.54) is 23.8 Å². The largest absolute Gasteiger partial charge is 0.363 e. The van der Waals surface area contributed by atoms with Crippen molar-refractivity contribution in [2.45, 2.75) is 31.8 Å². The first-order valence-corrected chi connectivity index (χ1v) is 10.4. The monoisotopic (exact) mass is 390 g/mol. The summed E-state index contributed by atoms with van der Waals surface area (Å²) in [7, 11) is 6.21. The van der Waals surface area contributed by atoms with Gasteiger partial charge in [0.2, 0.25) is 0 Å². The second-order valence-electron chi connectivity index (χ2n) is 8.16. The molecule has 152 valence electrons. The molecule has 0 amide bonds. The second kappa shape index (κ2) is 8.84. The number of nitrogens with one attached hydrogen (secondary N) is 1. The quantitative estimate of drug-likeness (QED) is 0.698. The molecule has 4 rings (SSSR count). The molecule has 6 heteroatoms. The fourth-order valence-corrected chi connectivity index (χ4v) is 4.01. The highest BCUT2D eigenvalue weighted by Crippen LogP contribution is 2.25. The average Bonchev–Trinajstić information content (AvgIpc) is 2.74. The van der Waals surface area contributed by atoms with Crippen LogP contribution in [0.3, 0.4) is 0 Å². The number of pyridine rings is 1. The average molecular weight is 391 g/mol. The van der Waals surface area contributed by atoms with Gasteiger partial charge in [-0.25, -0.2) is 9.97 Å². The third kappa shape index (κ3) is 4.71.